The van der Waals surface area contributed by atoms with Gasteiger partial charge in [-0.05, 0) is 30.4 Å². The fraction of sp³-hybridized carbons (Fsp3) is 0.571. The molecule has 0 aliphatic heterocycles. The summed E-state index contributed by atoms with van der Waals surface area (Å²) < 4.78 is 0. The normalized spacial score (nSPS) is 13.1. The Bertz CT molecular complexity index is 292. The molecule has 0 bridgehead atoms. The quantitative estimate of drug-likeness (QED) is 0.776. The van der Waals surface area contributed by atoms with E-state index in [2.05, 4.69) is 66.3 Å². The highest BCUT2D eigenvalue weighted by Crippen LogP contribution is 2.14. The van der Waals surface area contributed by atoms with Crippen LogP contribution in [0.25, 0.3) is 0 Å². The second-order valence-electron chi connectivity index (χ2n) is 4.66. The van der Waals surface area contributed by atoms with Crippen LogP contribution < -0.4 is 5.32 Å². The molecule has 0 aliphatic carbocycles. The van der Waals surface area contributed by atoms with Gasteiger partial charge in [-0.15, -0.1) is 0 Å². The maximum Gasteiger partial charge on any atom is 0.0207 e. The Hall–Kier alpha value is -0.340. The van der Waals surface area contributed by atoms with Gasteiger partial charge in [0.05, 0.1) is 0 Å². The Labute approximate surface area is 108 Å². The number of benzene rings is 1. The van der Waals surface area contributed by atoms with Crippen LogP contribution in [0.1, 0.15) is 44.2 Å². The lowest BCUT2D eigenvalue weighted by Gasteiger charge is -2.13. The van der Waals surface area contributed by atoms with Crippen LogP contribution in [0.2, 0.25) is 0 Å². The zero-order valence-corrected chi connectivity index (χ0v) is 12.0. The molecule has 16 heavy (non-hydrogen) atoms. The molecular formula is C14H22BrN. The summed E-state index contributed by atoms with van der Waals surface area (Å²) in [7, 11) is 0. The van der Waals surface area contributed by atoms with Gasteiger partial charge < -0.3 is 5.32 Å². The van der Waals surface area contributed by atoms with Crippen molar-refractivity contribution < 1.29 is 0 Å². The van der Waals surface area contributed by atoms with Crippen LogP contribution in [0.4, 0.5) is 0 Å². The molecule has 1 aromatic rings. The number of nitrogens with one attached hydrogen (secondary N) is 1. The molecule has 0 saturated carbocycles. The highest BCUT2D eigenvalue weighted by atomic mass is 79.9. The zero-order chi connectivity index (χ0) is 12.0. The summed E-state index contributed by atoms with van der Waals surface area (Å²) in [5.41, 5.74) is 2.78. The lowest BCUT2D eigenvalue weighted by molar-refractivity contribution is 0.538. The van der Waals surface area contributed by atoms with E-state index in [9.17, 15) is 0 Å². The van der Waals surface area contributed by atoms with Crippen molar-refractivity contribution >= 4 is 15.9 Å². The van der Waals surface area contributed by atoms with Crippen LogP contribution in [0.5, 0.6) is 0 Å². The van der Waals surface area contributed by atoms with Gasteiger partial charge in [-0.2, -0.15) is 0 Å². The van der Waals surface area contributed by atoms with Crippen LogP contribution >= 0.6 is 15.9 Å². The first kappa shape index (κ1) is 13.7. The van der Waals surface area contributed by atoms with E-state index in [-0.39, 0.29) is 0 Å². The molecule has 0 amide bonds. The van der Waals surface area contributed by atoms with Crippen molar-refractivity contribution in [2.45, 2.75) is 45.7 Å². The Morgan fingerprint density at radius 1 is 1.12 bits per heavy atom. The third-order valence-corrected chi connectivity index (χ3v) is 3.30. The first-order valence-electron chi connectivity index (χ1n) is 6.01. The highest BCUT2D eigenvalue weighted by molar-refractivity contribution is 9.09. The number of rotatable bonds is 6. The minimum atomic E-state index is 0.573. The molecule has 1 aromatic carbocycles. The van der Waals surface area contributed by atoms with Crippen molar-refractivity contribution in [1.29, 1.82) is 0 Å². The van der Waals surface area contributed by atoms with Crippen molar-refractivity contribution in [3.8, 4) is 0 Å². The summed E-state index contributed by atoms with van der Waals surface area (Å²) in [6.45, 7) is 7.65. The van der Waals surface area contributed by atoms with Gasteiger partial charge in [0.2, 0.25) is 0 Å². The number of halogens is 1. The van der Waals surface area contributed by atoms with Gasteiger partial charge in [-0.3, -0.25) is 0 Å². The predicted octanol–water partition coefficient (Wildman–Crippen LogP) is 4.07. The van der Waals surface area contributed by atoms with Crippen LogP contribution in [-0.2, 0) is 6.54 Å². The molecule has 1 N–H and O–H groups in total. The van der Waals surface area contributed by atoms with Gasteiger partial charge in [0.25, 0.3) is 0 Å². The minimum Gasteiger partial charge on any atom is -0.310 e. The van der Waals surface area contributed by atoms with E-state index in [0.717, 1.165) is 11.9 Å². The first-order chi connectivity index (χ1) is 7.63. The van der Waals surface area contributed by atoms with E-state index in [0.29, 0.717) is 12.0 Å². The Morgan fingerprint density at radius 3 is 2.25 bits per heavy atom. The Kier molecular flexibility index (Phi) is 6.07. The Balaban J connectivity index is 2.43. The van der Waals surface area contributed by atoms with Gasteiger partial charge in [0.1, 0.15) is 0 Å². The van der Waals surface area contributed by atoms with Gasteiger partial charge in [-0.25, -0.2) is 0 Å². The van der Waals surface area contributed by atoms with Gasteiger partial charge in [0.15, 0.2) is 0 Å². The lowest BCUT2D eigenvalue weighted by Crippen LogP contribution is -2.25. The largest absolute Gasteiger partial charge is 0.310 e. The van der Waals surface area contributed by atoms with E-state index >= 15 is 0 Å². The average Bonchev–Trinajstić information content (AvgIpc) is 2.27. The second-order valence-corrected chi connectivity index (χ2v) is 5.45. The lowest BCUT2D eigenvalue weighted by atomic mass is 10.0. The molecule has 0 radical (unpaired) electrons. The molecular weight excluding hydrogens is 262 g/mol. The third kappa shape index (κ3) is 4.67. The van der Waals surface area contributed by atoms with Crippen molar-refractivity contribution in [3.63, 3.8) is 0 Å². The number of hydrogen-bond acceptors (Lipinski definition) is 1. The van der Waals surface area contributed by atoms with Gasteiger partial charge in [-0.1, -0.05) is 54.0 Å². The molecule has 1 unspecified atom stereocenters. The third-order valence-electron chi connectivity index (χ3n) is 2.84. The molecule has 0 saturated heterocycles. The summed E-state index contributed by atoms with van der Waals surface area (Å²) in [5, 5.41) is 4.58. The summed E-state index contributed by atoms with van der Waals surface area (Å²) in [5.74, 6) is 0.620. The van der Waals surface area contributed by atoms with Gasteiger partial charge >= 0.3 is 0 Å². The standard InChI is InChI=1S/C14H22BrN/c1-11(2)14-6-4-13(5-7-14)10-16-12(3)8-9-15/h4-7,11-12,16H,8-10H2,1-3H3. The first-order valence-corrected chi connectivity index (χ1v) is 7.13. The maximum absolute atomic E-state index is 3.52. The van der Waals surface area contributed by atoms with Crippen LogP contribution in [0.3, 0.4) is 0 Å². The molecule has 0 spiro atoms. The smallest absolute Gasteiger partial charge is 0.0207 e. The van der Waals surface area contributed by atoms with Crippen LogP contribution in [-0.4, -0.2) is 11.4 Å². The average molecular weight is 284 g/mol. The summed E-state index contributed by atoms with van der Waals surface area (Å²) in [6.07, 6.45) is 1.17. The van der Waals surface area contributed by atoms with Gasteiger partial charge in [0, 0.05) is 17.9 Å². The SMILES string of the molecule is CC(CCBr)NCc1ccc(C(C)C)cc1. The highest BCUT2D eigenvalue weighted by Gasteiger charge is 2.01. The molecule has 0 aliphatic rings. The molecule has 90 valence electrons. The summed E-state index contributed by atoms with van der Waals surface area (Å²) in [4.78, 5) is 0. The second kappa shape index (κ2) is 7.08. The molecule has 2 heteroatoms. The fourth-order valence-corrected chi connectivity index (χ4v) is 2.26. The van der Waals surface area contributed by atoms with Crippen molar-refractivity contribution in [2.24, 2.45) is 0 Å². The zero-order valence-electron chi connectivity index (χ0n) is 10.5. The number of hydrogen-bond donors (Lipinski definition) is 1. The van der Waals surface area contributed by atoms with E-state index in [1.54, 1.807) is 0 Å². The van der Waals surface area contributed by atoms with Crippen molar-refractivity contribution in [2.75, 3.05) is 5.33 Å². The maximum atomic E-state index is 3.52. The Morgan fingerprint density at radius 2 is 1.75 bits per heavy atom. The summed E-state index contributed by atoms with van der Waals surface area (Å²) in [6, 6.07) is 9.49. The van der Waals surface area contributed by atoms with E-state index < -0.39 is 0 Å². The predicted molar refractivity (Wildman–Crippen MR) is 75.2 cm³/mol. The number of alkyl halides is 1. The molecule has 0 heterocycles. The topological polar surface area (TPSA) is 12.0 Å². The monoisotopic (exact) mass is 283 g/mol. The molecule has 0 fully saturated rings. The summed E-state index contributed by atoms with van der Waals surface area (Å²) >= 11 is 3.46. The fourth-order valence-electron chi connectivity index (χ4n) is 1.58. The van der Waals surface area contributed by atoms with E-state index in [1.165, 1.54) is 17.5 Å². The minimum absolute atomic E-state index is 0.573. The van der Waals surface area contributed by atoms with Crippen molar-refractivity contribution in [1.82, 2.24) is 5.32 Å². The van der Waals surface area contributed by atoms with Crippen molar-refractivity contribution in [3.05, 3.63) is 35.4 Å². The van der Waals surface area contributed by atoms with E-state index in [4.69, 9.17) is 0 Å². The van der Waals surface area contributed by atoms with Crippen LogP contribution in [0.15, 0.2) is 24.3 Å². The van der Waals surface area contributed by atoms with Crippen LogP contribution in [0, 0.1) is 0 Å². The molecule has 0 aromatic heterocycles. The molecule has 1 rings (SSSR count). The molecule has 1 nitrogen and oxygen atoms in total. The van der Waals surface area contributed by atoms with E-state index in [1.807, 2.05) is 0 Å². The molecule has 1 atom stereocenters.